The predicted octanol–water partition coefficient (Wildman–Crippen LogP) is 4.19. The molecule has 2 nitrogen and oxygen atoms in total. The van der Waals surface area contributed by atoms with E-state index in [2.05, 4.69) is 48.4 Å². The second-order valence-corrected chi connectivity index (χ2v) is 5.04. The van der Waals surface area contributed by atoms with Crippen molar-refractivity contribution >= 4 is 11.5 Å². The van der Waals surface area contributed by atoms with Gasteiger partial charge in [-0.3, -0.25) is 4.99 Å². The number of hydrogen-bond donors (Lipinski definition) is 1. The van der Waals surface area contributed by atoms with Crippen molar-refractivity contribution in [3.05, 3.63) is 29.8 Å². The second kappa shape index (κ2) is 5.85. The number of amidine groups is 1. The van der Waals surface area contributed by atoms with Crippen molar-refractivity contribution in [2.45, 2.75) is 45.4 Å². The van der Waals surface area contributed by atoms with Crippen molar-refractivity contribution in [1.29, 1.82) is 0 Å². The lowest BCUT2D eigenvalue weighted by atomic mass is 10.0. The van der Waals surface area contributed by atoms with E-state index >= 15 is 0 Å². The third kappa shape index (κ3) is 3.58. The maximum Gasteiger partial charge on any atom is 0.101 e. The van der Waals surface area contributed by atoms with E-state index in [9.17, 15) is 0 Å². The van der Waals surface area contributed by atoms with Crippen LogP contribution in [0.2, 0.25) is 0 Å². The van der Waals surface area contributed by atoms with Crippen molar-refractivity contribution in [1.82, 2.24) is 0 Å². The van der Waals surface area contributed by atoms with Gasteiger partial charge >= 0.3 is 0 Å². The van der Waals surface area contributed by atoms with Gasteiger partial charge in [-0.2, -0.15) is 0 Å². The molecular weight excluding hydrogens is 208 g/mol. The number of rotatable bonds is 2. The Hall–Kier alpha value is -1.31. The van der Waals surface area contributed by atoms with Gasteiger partial charge in [0.25, 0.3) is 0 Å². The first-order valence-electron chi connectivity index (χ1n) is 6.66. The summed E-state index contributed by atoms with van der Waals surface area (Å²) in [7, 11) is 0. The molecule has 0 saturated heterocycles. The minimum Gasteiger partial charge on any atom is -0.344 e. The van der Waals surface area contributed by atoms with E-state index in [0.717, 1.165) is 18.8 Å². The van der Waals surface area contributed by atoms with E-state index in [4.69, 9.17) is 0 Å². The average Bonchev–Trinajstić information content (AvgIpc) is 2.58. The molecule has 1 aliphatic rings. The summed E-state index contributed by atoms with van der Waals surface area (Å²) >= 11 is 0. The van der Waals surface area contributed by atoms with Gasteiger partial charge < -0.3 is 5.32 Å². The van der Waals surface area contributed by atoms with Gasteiger partial charge in [0.1, 0.15) is 5.84 Å². The summed E-state index contributed by atoms with van der Waals surface area (Å²) in [5.74, 6) is 1.73. The smallest absolute Gasteiger partial charge is 0.101 e. The molecule has 0 radical (unpaired) electrons. The van der Waals surface area contributed by atoms with E-state index in [1.807, 2.05) is 0 Å². The molecule has 0 amide bonds. The average molecular weight is 230 g/mol. The Kier molecular flexibility index (Phi) is 4.18. The van der Waals surface area contributed by atoms with Crippen molar-refractivity contribution in [2.24, 2.45) is 4.99 Å². The zero-order chi connectivity index (χ0) is 12.1. The van der Waals surface area contributed by atoms with Gasteiger partial charge in [-0.05, 0) is 36.5 Å². The van der Waals surface area contributed by atoms with Crippen molar-refractivity contribution < 1.29 is 0 Å². The fourth-order valence-electron chi connectivity index (χ4n) is 2.12. The topological polar surface area (TPSA) is 24.4 Å². The fourth-order valence-corrected chi connectivity index (χ4v) is 2.12. The Morgan fingerprint density at radius 1 is 1.18 bits per heavy atom. The molecule has 1 aromatic carbocycles. The molecule has 17 heavy (non-hydrogen) atoms. The molecule has 1 aromatic rings. The molecule has 1 aliphatic heterocycles. The molecule has 0 spiro atoms. The maximum atomic E-state index is 4.60. The summed E-state index contributed by atoms with van der Waals surface area (Å²) in [4.78, 5) is 4.60. The molecule has 0 aliphatic carbocycles. The molecule has 2 rings (SSSR count). The molecular formula is C15H22N2. The van der Waals surface area contributed by atoms with Crippen molar-refractivity contribution in [2.75, 3.05) is 11.9 Å². The summed E-state index contributed by atoms with van der Waals surface area (Å²) in [6, 6.07) is 8.66. The normalized spacial score (nSPS) is 16.5. The number of nitrogens with zero attached hydrogens (tertiary/aromatic N) is 1. The highest BCUT2D eigenvalue weighted by Crippen LogP contribution is 2.19. The van der Waals surface area contributed by atoms with Crippen LogP contribution in [0.3, 0.4) is 0 Å². The summed E-state index contributed by atoms with van der Waals surface area (Å²) in [5, 5.41) is 3.47. The van der Waals surface area contributed by atoms with Crippen LogP contribution in [0.4, 0.5) is 5.69 Å². The van der Waals surface area contributed by atoms with Gasteiger partial charge in [0.05, 0.1) is 0 Å². The first-order valence-corrected chi connectivity index (χ1v) is 6.66. The summed E-state index contributed by atoms with van der Waals surface area (Å²) in [5.41, 5.74) is 2.56. The van der Waals surface area contributed by atoms with Crippen LogP contribution in [-0.2, 0) is 0 Å². The maximum absolute atomic E-state index is 4.60. The van der Waals surface area contributed by atoms with Gasteiger partial charge in [-0.1, -0.05) is 32.4 Å². The largest absolute Gasteiger partial charge is 0.344 e. The first kappa shape index (κ1) is 12.2. The number of benzene rings is 1. The Balaban J connectivity index is 2.07. The van der Waals surface area contributed by atoms with Gasteiger partial charge in [0.15, 0.2) is 0 Å². The molecule has 0 aromatic heterocycles. The molecule has 0 bridgehead atoms. The van der Waals surface area contributed by atoms with E-state index in [1.165, 1.54) is 30.5 Å². The van der Waals surface area contributed by atoms with Crippen molar-refractivity contribution in [3.63, 3.8) is 0 Å². The van der Waals surface area contributed by atoms with E-state index in [-0.39, 0.29) is 0 Å². The highest BCUT2D eigenvalue weighted by Gasteiger charge is 2.05. The van der Waals surface area contributed by atoms with E-state index < -0.39 is 0 Å². The number of hydrogen-bond acceptors (Lipinski definition) is 2. The zero-order valence-electron chi connectivity index (χ0n) is 10.9. The molecule has 1 heterocycles. The van der Waals surface area contributed by atoms with Crippen LogP contribution in [0.1, 0.15) is 51.0 Å². The molecule has 1 N–H and O–H groups in total. The lowest BCUT2D eigenvalue weighted by molar-refractivity contribution is 0.731. The number of nitrogens with one attached hydrogen (secondary N) is 1. The van der Waals surface area contributed by atoms with Gasteiger partial charge in [-0.15, -0.1) is 0 Å². The summed E-state index contributed by atoms with van der Waals surface area (Å²) in [6.45, 7) is 5.43. The molecule has 0 unspecified atom stereocenters. The molecule has 2 heteroatoms. The van der Waals surface area contributed by atoms with Crippen LogP contribution in [0.25, 0.3) is 0 Å². The Morgan fingerprint density at radius 2 is 2.06 bits per heavy atom. The summed E-state index contributed by atoms with van der Waals surface area (Å²) < 4.78 is 0. The fraction of sp³-hybridized carbons (Fsp3) is 0.533. The van der Waals surface area contributed by atoms with Crippen molar-refractivity contribution in [3.8, 4) is 0 Å². The Labute approximate surface area is 104 Å². The third-order valence-corrected chi connectivity index (χ3v) is 3.22. The highest BCUT2D eigenvalue weighted by molar-refractivity contribution is 5.95. The Bertz CT molecular complexity index is 394. The zero-order valence-corrected chi connectivity index (χ0v) is 10.9. The van der Waals surface area contributed by atoms with Crippen LogP contribution in [-0.4, -0.2) is 12.4 Å². The van der Waals surface area contributed by atoms with Crippen LogP contribution in [0.15, 0.2) is 29.3 Å². The lowest BCUT2D eigenvalue weighted by Crippen LogP contribution is -2.11. The molecule has 0 fully saturated rings. The van der Waals surface area contributed by atoms with Crippen LogP contribution >= 0.6 is 0 Å². The molecule has 0 atom stereocenters. The monoisotopic (exact) mass is 230 g/mol. The standard InChI is InChI=1S/C15H22N2/c1-12(2)13-7-6-8-14(11-13)17-15-9-4-3-5-10-16-15/h6-8,11-12H,3-5,9-10H2,1-2H3,(H,16,17). The van der Waals surface area contributed by atoms with Crippen LogP contribution < -0.4 is 5.32 Å². The second-order valence-electron chi connectivity index (χ2n) is 5.04. The molecule has 0 saturated carbocycles. The third-order valence-electron chi connectivity index (χ3n) is 3.22. The summed E-state index contributed by atoms with van der Waals surface area (Å²) in [6.07, 6.45) is 4.89. The quantitative estimate of drug-likeness (QED) is 0.809. The van der Waals surface area contributed by atoms with Crippen LogP contribution in [0, 0.1) is 0 Å². The van der Waals surface area contributed by atoms with Gasteiger partial charge in [-0.25, -0.2) is 0 Å². The molecule has 92 valence electrons. The SMILES string of the molecule is CC(C)c1cccc(NC2=NCCCCC2)c1. The minimum absolute atomic E-state index is 0.577. The number of anilines is 1. The lowest BCUT2D eigenvalue weighted by Gasteiger charge is -2.11. The minimum atomic E-state index is 0.577. The van der Waals surface area contributed by atoms with E-state index in [1.54, 1.807) is 0 Å². The first-order chi connectivity index (χ1) is 8.25. The van der Waals surface area contributed by atoms with Gasteiger partial charge in [0.2, 0.25) is 0 Å². The number of aliphatic imine (C=N–C) groups is 1. The van der Waals surface area contributed by atoms with E-state index in [0.29, 0.717) is 5.92 Å². The predicted molar refractivity (Wildman–Crippen MR) is 74.9 cm³/mol. The highest BCUT2D eigenvalue weighted by atomic mass is 15.0. The van der Waals surface area contributed by atoms with Crippen LogP contribution in [0.5, 0.6) is 0 Å². The Morgan fingerprint density at radius 3 is 2.88 bits per heavy atom. The van der Waals surface area contributed by atoms with Gasteiger partial charge in [0, 0.05) is 18.7 Å².